The first-order chi connectivity index (χ1) is 8.25. The molecule has 1 saturated heterocycles. The Kier molecular flexibility index (Phi) is 4.53. The monoisotopic (exact) mass is 254 g/mol. The van der Waals surface area contributed by atoms with Crippen molar-refractivity contribution in [1.29, 1.82) is 0 Å². The maximum atomic E-state index is 11.6. The second-order valence-electron chi connectivity index (χ2n) is 4.44. The molecule has 2 rings (SSSR count). The SMILES string of the molecule is O=C(CC1CCNC1)NCC(O)c1ccsc1. The number of carbonyl (C=O) groups is 1. The van der Waals surface area contributed by atoms with Crippen LogP contribution in [0.2, 0.25) is 0 Å². The average molecular weight is 254 g/mol. The van der Waals surface area contributed by atoms with E-state index >= 15 is 0 Å². The van der Waals surface area contributed by atoms with E-state index in [0.717, 1.165) is 25.1 Å². The number of carbonyl (C=O) groups excluding carboxylic acids is 1. The number of nitrogens with one attached hydrogen (secondary N) is 2. The second kappa shape index (κ2) is 6.14. The summed E-state index contributed by atoms with van der Waals surface area (Å²) in [6.07, 6.45) is 1.04. The molecule has 1 aliphatic rings. The first-order valence-corrected chi connectivity index (χ1v) is 6.87. The van der Waals surface area contributed by atoms with E-state index in [-0.39, 0.29) is 5.91 Å². The lowest BCUT2D eigenvalue weighted by Crippen LogP contribution is -2.30. The van der Waals surface area contributed by atoms with E-state index in [1.807, 2.05) is 16.8 Å². The van der Waals surface area contributed by atoms with Gasteiger partial charge >= 0.3 is 0 Å². The maximum Gasteiger partial charge on any atom is 0.220 e. The van der Waals surface area contributed by atoms with Crippen molar-refractivity contribution < 1.29 is 9.90 Å². The zero-order valence-corrected chi connectivity index (χ0v) is 10.5. The first kappa shape index (κ1) is 12.5. The van der Waals surface area contributed by atoms with Gasteiger partial charge in [0.15, 0.2) is 0 Å². The summed E-state index contributed by atoms with van der Waals surface area (Å²) in [5, 5.41) is 19.6. The van der Waals surface area contributed by atoms with Crippen LogP contribution in [0.3, 0.4) is 0 Å². The van der Waals surface area contributed by atoms with E-state index in [9.17, 15) is 9.90 Å². The molecule has 0 bridgehead atoms. The van der Waals surface area contributed by atoms with Gasteiger partial charge in [0, 0.05) is 13.0 Å². The van der Waals surface area contributed by atoms with Crippen molar-refractivity contribution in [2.75, 3.05) is 19.6 Å². The fraction of sp³-hybridized carbons (Fsp3) is 0.583. The molecule has 17 heavy (non-hydrogen) atoms. The lowest BCUT2D eigenvalue weighted by molar-refractivity contribution is -0.122. The number of aliphatic hydroxyl groups excluding tert-OH is 1. The molecule has 0 spiro atoms. The Morgan fingerprint density at radius 1 is 1.71 bits per heavy atom. The Morgan fingerprint density at radius 2 is 2.59 bits per heavy atom. The van der Waals surface area contributed by atoms with Gasteiger partial charge in [-0.05, 0) is 47.8 Å². The summed E-state index contributed by atoms with van der Waals surface area (Å²) < 4.78 is 0. The molecular formula is C12H18N2O2S. The largest absolute Gasteiger partial charge is 0.387 e. The van der Waals surface area contributed by atoms with Gasteiger partial charge in [-0.2, -0.15) is 11.3 Å². The van der Waals surface area contributed by atoms with Gasteiger partial charge in [-0.3, -0.25) is 4.79 Å². The molecule has 1 amide bonds. The van der Waals surface area contributed by atoms with Crippen molar-refractivity contribution in [2.24, 2.45) is 5.92 Å². The highest BCUT2D eigenvalue weighted by Crippen LogP contribution is 2.16. The highest BCUT2D eigenvalue weighted by Gasteiger charge is 2.18. The standard InChI is InChI=1S/C12H18N2O2S/c15-11(10-2-4-17-8-10)7-14-12(16)5-9-1-3-13-6-9/h2,4,8-9,11,13,15H,1,3,5-7H2,(H,14,16). The molecule has 1 fully saturated rings. The van der Waals surface area contributed by atoms with Crippen molar-refractivity contribution in [3.63, 3.8) is 0 Å². The van der Waals surface area contributed by atoms with Crippen molar-refractivity contribution >= 4 is 17.2 Å². The summed E-state index contributed by atoms with van der Waals surface area (Å²) in [5.41, 5.74) is 0.873. The van der Waals surface area contributed by atoms with Crippen LogP contribution in [0.1, 0.15) is 24.5 Å². The zero-order chi connectivity index (χ0) is 12.1. The predicted molar refractivity (Wildman–Crippen MR) is 67.9 cm³/mol. The van der Waals surface area contributed by atoms with E-state index in [1.165, 1.54) is 0 Å². The summed E-state index contributed by atoms with van der Waals surface area (Å²) >= 11 is 1.55. The van der Waals surface area contributed by atoms with Crippen LogP contribution in [0.5, 0.6) is 0 Å². The summed E-state index contributed by atoms with van der Waals surface area (Å²) in [6, 6.07) is 1.88. The van der Waals surface area contributed by atoms with Gasteiger partial charge in [-0.1, -0.05) is 0 Å². The minimum atomic E-state index is -0.591. The van der Waals surface area contributed by atoms with E-state index < -0.39 is 6.10 Å². The van der Waals surface area contributed by atoms with Gasteiger partial charge < -0.3 is 15.7 Å². The minimum absolute atomic E-state index is 0.0352. The minimum Gasteiger partial charge on any atom is -0.387 e. The Morgan fingerprint density at radius 3 is 3.24 bits per heavy atom. The molecule has 0 saturated carbocycles. The van der Waals surface area contributed by atoms with Crippen LogP contribution < -0.4 is 10.6 Å². The molecule has 4 nitrogen and oxygen atoms in total. The molecule has 1 aromatic rings. The third-order valence-corrected chi connectivity index (χ3v) is 3.76. The molecule has 0 aromatic carbocycles. The van der Waals surface area contributed by atoms with Crippen LogP contribution in [0.4, 0.5) is 0 Å². The van der Waals surface area contributed by atoms with E-state index in [1.54, 1.807) is 11.3 Å². The zero-order valence-electron chi connectivity index (χ0n) is 9.69. The van der Waals surface area contributed by atoms with E-state index in [2.05, 4.69) is 10.6 Å². The van der Waals surface area contributed by atoms with Crippen LogP contribution in [-0.4, -0.2) is 30.6 Å². The molecule has 94 valence electrons. The number of thiophene rings is 1. The number of rotatable bonds is 5. The van der Waals surface area contributed by atoms with Crippen LogP contribution in [0, 0.1) is 5.92 Å². The normalized spacial score (nSPS) is 21.4. The van der Waals surface area contributed by atoms with Crippen molar-refractivity contribution in [2.45, 2.75) is 18.9 Å². The number of hydrogen-bond donors (Lipinski definition) is 3. The van der Waals surface area contributed by atoms with Gasteiger partial charge in [0.05, 0.1) is 6.10 Å². The molecule has 0 aliphatic carbocycles. The smallest absolute Gasteiger partial charge is 0.220 e. The van der Waals surface area contributed by atoms with Crippen LogP contribution in [-0.2, 0) is 4.79 Å². The Labute approximate surface area is 105 Å². The highest BCUT2D eigenvalue weighted by atomic mass is 32.1. The lowest BCUT2D eigenvalue weighted by Gasteiger charge is -2.12. The van der Waals surface area contributed by atoms with Gasteiger partial charge in [-0.25, -0.2) is 0 Å². The molecule has 3 N–H and O–H groups in total. The molecule has 5 heteroatoms. The van der Waals surface area contributed by atoms with Crippen molar-refractivity contribution in [1.82, 2.24) is 10.6 Å². The number of aliphatic hydroxyl groups is 1. The summed E-state index contributed by atoms with van der Waals surface area (Å²) in [5.74, 6) is 0.487. The van der Waals surface area contributed by atoms with Crippen molar-refractivity contribution in [3.8, 4) is 0 Å². The number of amides is 1. The topological polar surface area (TPSA) is 61.4 Å². The van der Waals surface area contributed by atoms with Gasteiger partial charge in [-0.15, -0.1) is 0 Å². The van der Waals surface area contributed by atoms with Gasteiger partial charge in [0.1, 0.15) is 0 Å². The first-order valence-electron chi connectivity index (χ1n) is 5.93. The summed E-state index contributed by atoms with van der Waals surface area (Å²) in [6.45, 7) is 2.24. The molecule has 1 aromatic heterocycles. The molecule has 0 radical (unpaired) electrons. The predicted octanol–water partition coefficient (Wildman–Crippen LogP) is 0.897. The molecule has 2 unspecified atom stereocenters. The van der Waals surface area contributed by atoms with Crippen LogP contribution in [0.25, 0.3) is 0 Å². The fourth-order valence-corrected chi connectivity index (χ4v) is 2.72. The summed E-state index contributed by atoms with van der Waals surface area (Å²) in [7, 11) is 0. The van der Waals surface area contributed by atoms with E-state index in [4.69, 9.17) is 0 Å². The lowest BCUT2D eigenvalue weighted by atomic mass is 10.0. The molecular weight excluding hydrogens is 236 g/mol. The molecule has 2 heterocycles. The Balaban J connectivity index is 1.68. The second-order valence-corrected chi connectivity index (χ2v) is 5.22. The third-order valence-electron chi connectivity index (χ3n) is 3.06. The maximum absolute atomic E-state index is 11.6. The Bertz CT molecular complexity index is 347. The Hall–Kier alpha value is -0.910. The van der Waals surface area contributed by atoms with Gasteiger partial charge in [0.2, 0.25) is 5.91 Å². The molecule has 2 atom stereocenters. The van der Waals surface area contributed by atoms with Gasteiger partial charge in [0.25, 0.3) is 0 Å². The van der Waals surface area contributed by atoms with Crippen LogP contribution >= 0.6 is 11.3 Å². The van der Waals surface area contributed by atoms with E-state index in [0.29, 0.717) is 18.9 Å². The summed E-state index contributed by atoms with van der Waals surface area (Å²) in [4.78, 5) is 11.6. The van der Waals surface area contributed by atoms with Crippen LogP contribution in [0.15, 0.2) is 16.8 Å². The number of hydrogen-bond acceptors (Lipinski definition) is 4. The quantitative estimate of drug-likeness (QED) is 0.731. The molecule has 1 aliphatic heterocycles. The fourth-order valence-electron chi connectivity index (χ4n) is 2.02. The average Bonchev–Trinajstić information content (AvgIpc) is 2.97. The van der Waals surface area contributed by atoms with Crippen molar-refractivity contribution in [3.05, 3.63) is 22.4 Å². The highest BCUT2D eigenvalue weighted by molar-refractivity contribution is 7.07. The third kappa shape index (κ3) is 3.80.